The van der Waals surface area contributed by atoms with Crippen molar-refractivity contribution in [3.63, 3.8) is 0 Å². The van der Waals surface area contributed by atoms with Gasteiger partial charge in [0, 0.05) is 37.2 Å². The summed E-state index contributed by atoms with van der Waals surface area (Å²) in [5, 5.41) is 0. The molecular weight excluding hydrogens is 398 g/mol. The fourth-order valence-electron chi connectivity index (χ4n) is 3.99. The van der Waals surface area contributed by atoms with Crippen LogP contribution < -0.4 is 0 Å². The maximum absolute atomic E-state index is 12.9. The average molecular weight is 432 g/mol. The highest BCUT2D eigenvalue weighted by Gasteiger charge is 2.36. The molecule has 1 fully saturated rings. The molecule has 0 unspecified atom stereocenters. The van der Waals surface area contributed by atoms with E-state index in [0.717, 1.165) is 19.3 Å². The number of amidine groups is 1. The minimum atomic E-state index is -3.73. The van der Waals surface area contributed by atoms with Crippen LogP contribution in [-0.4, -0.2) is 56.1 Å². The van der Waals surface area contributed by atoms with Gasteiger partial charge in [0.1, 0.15) is 10.7 Å². The summed E-state index contributed by atoms with van der Waals surface area (Å²) in [7, 11) is -3.73. The van der Waals surface area contributed by atoms with Gasteiger partial charge in [-0.1, -0.05) is 52.0 Å². The van der Waals surface area contributed by atoms with E-state index in [9.17, 15) is 13.2 Å². The van der Waals surface area contributed by atoms with Crippen LogP contribution in [0.5, 0.6) is 0 Å². The van der Waals surface area contributed by atoms with Gasteiger partial charge >= 0.3 is 0 Å². The van der Waals surface area contributed by atoms with Crippen LogP contribution in [-0.2, 0) is 21.2 Å². The van der Waals surface area contributed by atoms with Crippen molar-refractivity contribution in [1.29, 1.82) is 0 Å². The Hall–Kier alpha value is -2.15. The quantitative estimate of drug-likeness (QED) is 0.729. The molecule has 7 heteroatoms. The monoisotopic (exact) mass is 431 g/mol. The lowest BCUT2D eigenvalue weighted by Gasteiger charge is -2.30. The maximum Gasteiger partial charge on any atom is 0.285 e. The van der Waals surface area contributed by atoms with Gasteiger partial charge in [-0.05, 0) is 37.3 Å². The Kier molecular flexibility index (Phi) is 6.41. The minimum absolute atomic E-state index is 0.164. The van der Waals surface area contributed by atoms with E-state index < -0.39 is 10.0 Å². The molecule has 2 heterocycles. The number of amides is 1. The van der Waals surface area contributed by atoms with E-state index in [1.807, 2.05) is 61.8 Å². The van der Waals surface area contributed by atoms with Crippen molar-refractivity contribution in [3.05, 3.63) is 41.0 Å². The third-order valence-electron chi connectivity index (χ3n) is 6.31. The van der Waals surface area contributed by atoms with Crippen LogP contribution in [0.15, 0.2) is 34.2 Å². The van der Waals surface area contributed by atoms with Crippen molar-refractivity contribution >= 4 is 26.7 Å². The molecule has 0 N–H and O–H groups in total. The van der Waals surface area contributed by atoms with E-state index >= 15 is 0 Å². The molecule has 1 saturated heterocycles. The second-order valence-electron chi connectivity index (χ2n) is 8.76. The van der Waals surface area contributed by atoms with Crippen LogP contribution in [0.3, 0.4) is 0 Å². The SMILES string of the molecule is CCc1ccc(C2=C(C)C(N3CCCN(C(=O)C(C)(C)CC)CC3)=NS2(=O)=O)cc1. The van der Waals surface area contributed by atoms with Crippen LogP contribution in [0.4, 0.5) is 0 Å². The van der Waals surface area contributed by atoms with Gasteiger partial charge in [-0.15, -0.1) is 4.40 Å². The molecule has 0 bridgehead atoms. The highest BCUT2D eigenvalue weighted by Crippen LogP contribution is 2.34. The molecule has 2 aliphatic heterocycles. The zero-order valence-corrected chi connectivity index (χ0v) is 19.6. The van der Waals surface area contributed by atoms with E-state index in [4.69, 9.17) is 0 Å². The lowest BCUT2D eigenvalue weighted by Crippen LogP contribution is -2.43. The number of rotatable bonds is 4. The number of aryl methyl sites for hydroxylation is 1. The van der Waals surface area contributed by atoms with Crippen LogP contribution in [0, 0.1) is 5.41 Å². The third-order valence-corrected chi connectivity index (χ3v) is 7.78. The number of hydrogen-bond acceptors (Lipinski definition) is 4. The van der Waals surface area contributed by atoms with Crippen molar-refractivity contribution < 1.29 is 13.2 Å². The molecule has 0 aliphatic carbocycles. The summed E-state index contributed by atoms with van der Waals surface area (Å²) in [6, 6.07) is 7.66. The molecular formula is C23H33N3O3S. The Morgan fingerprint density at radius 3 is 2.33 bits per heavy atom. The van der Waals surface area contributed by atoms with Crippen LogP contribution >= 0.6 is 0 Å². The first kappa shape index (κ1) is 22.5. The number of carbonyl (C=O) groups excluding carboxylic acids is 1. The van der Waals surface area contributed by atoms with Gasteiger partial charge in [-0.3, -0.25) is 4.79 Å². The van der Waals surface area contributed by atoms with E-state index in [-0.39, 0.29) is 11.3 Å². The number of nitrogens with zero attached hydrogens (tertiary/aromatic N) is 3. The molecule has 1 aromatic rings. The molecule has 0 aromatic heterocycles. The fourth-order valence-corrected chi connectivity index (χ4v) is 5.47. The molecule has 3 rings (SSSR count). The van der Waals surface area contributed by atoms with Crippen LogP contribution in [0.25, 0.3) is 4.91 Å². The summed E-state index contributed by atoms with van der Waals surface area (Å²) in [6.45, 7) is 12.4. The topological polar surface area (TPSA) is 70.0 Å². The van der Waals surface area contributed by atoms with Gasteiger partial charge in [0.2, 0.25) is 5.91 Å². The molecule has 0 saturated carbocycles. The Morgan fingerprint density at radius 1 is 1.07 bits per heavy atom. The van der Waals surface area contributed by atoms with E-state index in [2.05, 4.69) is 11.3 Å². The fraction of sp³-hybridized carbons (Fsp3) is 0.565. The lowest BCUT2D eigenvalue weighted by molar-refractivity contribution is -0.140. The highest BCUT2D eigenvalue weighted by molar-refractivity contribution is 8.00. The number of benzene rings is 1. The first-order valence-corrected chi connectivity index (χ1v) is 12.2. The van der Waals surface area contributed by atoms with Crippen molar-refractivity contribution in [3.8, 4) is 0 Å². The Morgan fingerprint density at radius 2 is 1.73 bits per heavy atom. The van der Waals surface area contributed by atoms with Gasteiger partial charge in [-0.25, -0.2) is 0 Å². The van der Waals surface area contributed by atoms with Gasteiger partial charge in [0.15, 0.2) is 0 Å². The maximum atomic E-state index is 12.9. The molecule has 1 amide bonds. The second kappa shape index (κ2) is 8.53. The minimum Gasteiger partial charge on any atom is -0.354 e. The summed E-state index contributed by atoms with van der Waals surface area (Å²) >= 11 is 0. The smallest absolute Gasteiger partial charge is 0.285 e. The molecule has 30 heavy (non-hydrogen) atoms. The lowest BCUT2D eigenvalue weighted by atomic mass is 9.88. The second-order valence-corrected chi connectivity index (χ2v) is 10.3. The summed E-state index contributed by atoms with van der Waals surface area (Å²) in [5.74, 6) is 0.686. The van der Waals surface area contributed by atoms with Crippen molar-refractivity contribution in [2.45, 2.75) is 53.9 Å². The molecule has 0 radical (unpaired) electrons. The summed E-state index contributed by atoms with van der Waals surface area (Å²) < 4.78 is 29.9. The third kappa shape index (κ3) is 4.31. The standard InChI is InChI=1S/C23H33N3O3S/c1-6-18-9-11-19(12-10-18)20-17(3)21(24-30(20,28)29)25-13-8-14-26(16-15-25)22(27)23(4,5)7-2/h9-12H,6-8,13-16H2,1-5H3. The predicted molar refractivity (Wildman–Crippen MR) is 122 cm³/mol. The highest BCUT2D eigenvalue weighted by atomic mass is 32.2. The van der Waals surface area contributed by atoms with Crippen LogP contribution in [0.2, 0.25) is 0 Å². The molecule has 0 spiro atoms. The van der Waals surface area contributed by atoms with E-state index in [1.165, 1.54) is 5.56 Å². The van der Waals surface area contributed by atoms with Gasteiger partial charge in [0.25, 0.3) is 10.0 Å². The van der Waals surface area contributed by atoms with Gasteiger partial charge in [-0.2, -0.15) is 8.42 Å². The van der Waals surface area contributed by atoms with Gasteiger partial charge in [0.05, 0.1) is 0 Å². The normalized spacial score (nSPS) is 19.7. The summed E-state index contributed by atoms with van der Waals surface area (Å²) in [5.41, 5.74) is 2.16. The molecule has 164 valence electrons. The Bertz CT molecular complexity index is 975. The Balaban J connectivity index is 1.83. The Labute approximate surface area is 180 Å². The van der Waals surface area contributed by atoms with Gasteiger partial charge < -0.3 is 9.80 Å². The predicted octanol–water partition coefficient (Wildman–Crippen LogP) is 3.69. The zero-order chi connectivity index (χ0) is 22.1. The number of sulfonamides is 1. The largest absolute Gasteiger partial charge is 0.354 e. The van der Waals surface area contributed by atoms with E-state index in [1.54, 1.807) is 0 Å². The molecule has 0 atom stereocenters. The summed E-state index contributed by atoms with van der Waals surface area (Å²) in [6.07, 6.45) is 2.49. The zero-order valence-electron chi connectivity index (χ0n) is 18.7. The van der Waals surface area contributed by atoms with E-state index in [0.29, 0.717) is 48.1 Å². The average Bonchev–Trinajstić information content (AvgIpc) is 2.88. The first-order valence-electron chi connectivity index (χ1n) is 10.8. The first-order chi connectivity index (χ1) is 14.1. The molecule has 6 nitrogen and oxygen atoms in total. The summed E-state index contributed by atoms with van der Waals surface area (Å²) in [4.78, 5) is 17.1. The van der Waals surface area contributed by atoms with Crippen molar-refractivity contribution in [1.82, 2.24) is 9.80 Å². The molecule has 1 aromatic carbocycles. The number of carbonyl (C=O) groups is 1. The number of hydrogen-bond donors (Lipinski definition) is 0. The van der Waals surface area contributed by atoms with Crippen molar-refractivity contribution in [2.75, 3.05) is 26.2 Å². The van der Waals surface area contributed by atoms with Crippen LogP contribution in [0.1, 0.15) is 58.6 Å². The molecule has 2 aliphatic rings. The van der Waals surface area contributed by atoms with Crippen molar-refractivity contribution in [2.24, 2.45) is 9.81 Å².